The van der Waals surface area contributed by atoms with Gasteiger partial charge >= 0.3 is 0 Å². The van der Waals surface area contributed by atoms with Crippen molar-refractivity contribution in [3.05, 3.63) is 12.7 Å². The zero-order valence-corrected chi connectivity index (χ0v) is 5.48. The minimum absolute atomic E-state index is 0.444. The van der Waals surface area contributed by atoms with Gasteiger partial charge in [0.25, 0.3) is 6.43 Å². The maximum atomic E-state index is 12.1. The first-order chi connectivity index (χ1) is 5.00. The molecule has 0 rings (SSSR count). The fraction of sp³-hybridized carbons (Fsp3) is 0.667. The monoisotopic (exact) mass is 174 g/mol. The number of rotatable bonds is 4. The van der Waals surface area contributed by atoms with Gasteiger partial charge in [-0.15, -0.1) is 6.58 Å². The SMILES string of the molecule is C=CC(F)C(F)C(F)C(F)F. The van der Waals surface area contributed by atoms with E-state index in [0.717, 1.165) is 0 Å². The van der Waals surface area contributed by atoms with E-state index >= 15 is 0 Å². The van der Waals surface area contributed by atoms with Gasteiger partial charge in [0.05, 0.1) is 0 Å². The molecule has 0 saturated heterocycles. The Morgan fingerprint density at radius 2 is 1.36 bits per heavy atom. The van der Waals surface area contributed by atoms with Gasteiger partial charge in [-0.3, -0.25) is 0 Å². The topological polar surface area (TPSA) is 0 Å². The van der Waals surface area contributed by atoms with Crippen molar-refractivity contribution < 1.29 is 22.0 Å². The van der Waals surface area contributed by atoms with Crippen molar-refractivity contribution in [1.29, 1.82) is 0 Å². The molecule has 3 unspecified atom stereocenters. The highest BCUT2D eigenvalue weighted by Gasteiger charge is 2.34. The van der Waals surface area contributed by atoms with Crippen molar-refractivity contribution in [2.24, 2.45) is 0 Å². The molecule has 66 valence electrons. The van der Waals surface area contributed by atoms with Crippen LogP contribution >= 0.6 is 0 Å². The summed E-state index contributed by atoms with van der Waals surface area (Å²) in [7, 11) is 0. The molecule has 0 heterocycles. The molecule has 0 aromatic heterocycles. The van der Waals surface area contributed by atoms with E-state index in [1.54, 1.807) is 0 Å². The van der Waals surface area contributed by atoms with Gasteiger partial charge in [0, 0.05) is 0 Å². The summed E-state index contributed by atoms with van der Waals surface area (Å²) in [5.74, 6) is 0. The molecule has 0 bridgehead atoms. The number of halogens is 5. The van der Waals surface area contributed by atoms with E-state index in [1.165, 1.54) is 0 Å². The summed E-state index contributed by atoms with van der Waals surface area (Å²) < 4.78 is 58.9. The summed E-state index contributed by atoms with van der Waals surface area (Å²) in [4.78, 5) is 0. The molecule has 5 heteroatoms. The molecular weight excluding hydrogens is 167 g/mol. The lowest BCUT2D eigenvalue weighted by Gasteiger charge is -2.13. The van der Waals surface area contributed by atoms with E-state index < -0.39 is 24.9 Å². The van der Waals surface area contributed by atoms with E-state index in [0.29, 0.717) is 6.08 Å². The summed E-state index contributed by atoms with van der Waals surface area (Å²) in [6.07, 6.45) is -11.3. The second kappa shape index (κ2) is 4.31. The summed E-state index contributed by atoms with van der Waals surface area (Å²) in [6, 6.07) is 0. The van der Waals surface area contributed by atoms with Gasteiger partial charge in [0.15, 0.2) is 18.5 Å². The Hall–Kier alpha value is -0.610. The molecule has 0 aromatic rings. The first-order valence-corrected chi connectivity index (χ1v) is 2.83. The normalized spacial score (nSPS) is 19.5. The van der Waals surface area contributed by atoms with E-state index in [9.17, 15) is 22.0 Å². The third kappa shape index (κ3) is 2.86. The van der Waals surface area contributed by atoms with E-state index in [4.69, 9.17) is 0 Å². The summed E-state index contributed by atoms with van der Waals surface area (Å²) in [5, 5.41) is 0. The van der Waals surface area contributed by atoms with Crippen LogP contribution in [-0.2, 0) is 0 Å². The van der Waals surface area contributed by atoms with Crippen LogP contribution in [0.25, 0.3) is 0 Å². The van der Waals surface area contributed by atoms with E-state index in [-0.39, 0.29) is 0 Å². The molecule has 0 nitrogen and oxygen atoms in total. The third-order valence-electron chi connectivity index (χ3n) is 1.07. The number of allylic oxidation sites excluding steroid dienone is 1. The van der Waals surface area contributed by atoms with E-state index in [2.05, 4.69) is 6.58 Å². The van der Waals surface area contributed by atoms with Gasteiger partial charge in [0.1, 0.15) is 0 Å². The van der Waals surface area contributed by atoms with Crippen LogP contribution < -0.4 is 0 Å². The zero-order valence-electron chi connectivity index (χ0n) is 5.48. The van der Waals surface area contributed by atoms with E-state index in [1.807, 2.05) is 0 Å². The highest BCUT2D eigenvalue weighted by molar-refractivity contribution is 4.89. The van der Waals surface area contributed by atoms with Crippen LogP contribution in [0.1, 0.15) is 0 Å². The Balaban J connectivity index is 4.00. The Morgan fingerprint density at radius 1 is 0.909 bits per heavy atom. The average Bonchev–Trinajstić information content (AvgIpc) is 2.00. The molecule has 0 N–H and O–H groups in total. The Morgan fingerprint density at radius 3 is 1.64 bits per heavy atom. The van der Waals surface area contributed by atoms with Gasteiger partial charge in [0.2, 0.25) is 0 Å². The second-order valence-electron chi connectivity index (χ2n) is 1.90. The summed E-state index contributed by atoms with van der Waals surface area (Å²) in [5.41, 5.74) is 0. The largest absolute Gasteiger partial charge is 0.272 e. The minimum Gasteiger partial charge on any atom is -0.240 e. The molecule has 0 amide bonds. The molecule has 0 aliphatic carbocycles. The van der Waals surface area contributed by atoms with Gasteiger partial charge in [-0.05, 0) is 0 Å². The van der Waals surface area contributed by atoms with Crippen molar-refractivity contribution in [1.82, 2.24) is 0 Å². The lowest BCUT2D eigenvalue weighted by molar-refractivity contribution is -0.0146. The molecule has 0 aliphatic heterocycles. The third-order valence-corrected chi connectivity index (χ3v) is 1.07. The first-order valence-electron chi connectivity index (χ1n) is 2.83. The molecular formula is C6H7F5. The van der Waals surface area contributed by atoms with Gasteiger partial charge in [-0.2, -0.15) is 0 Å². The Bertz CT molecular complexity index is 124. The Kier molecular flexibility index (Phi) is 4.07. The summed E-state index contributed by atoms with van der Waals surface area (Å²) >= 11 is 0. The maximum absolute atomic E-state index is 12.1. The average molecular weight is 174 g/mol. The molecule has 0 saturated carbocycles. The summed E-state index contributed by atoms with van der Waals surface area (Å²) in [6.45, 7) is 2.80. The lowest BCUT2D eigenvalue weighted by Crippen LogP contribution is -2.31. The van der Waals surface area contributed by atoms with Crippen LogP contribution in [0, 0.1) is 0 Å². The number of hydrogen-bond acceptors (Lipinski definition) is 0. The fourth-order valence-corrected chi connectivity index (χ4v) is 0.445. The number of alkyl halides is 5. The van der Waals surface area contributed by atoms with Crippen molar-refractivity contribution in [2.45, 2.75) is 24.9 Å². The quantitative estimate of drug-likeness (QED) is 0.453. The predicted octanol–water partition coefficient (Wildman–Crippen LogP) is 2.45. The molecule has 0 fully saturated rings. The highest BCUT2D eigenvalue weighted by Crippen LogP contribution is 2.18. The minimum atomic E-state index is -3.50. The van der Waals surface area contributed by atoms with Gasteiger partial charge < -0.3 is 0 Å². The first kappa shape index (κ1) is 10.4. The smallest absolute Gasteiger partial charge is 0.240 e. The lowest BCUT2D eigenvalue weighted by atomic mass is 10.1. The van der Waals surface area contributed by atoms with Crippen LogP contribution in [0.3, 0.4) is 0 Å². The molecule has 0 aromatic carbocycles. The van der Waals surface area contributed by atoms with Gasteiger partial charge in [-0.25, -0.2) is 22.0 Å². The van der Waals surface area contributed by atoms with Crippen LogP contribution in [-0.4, -0.2) is 24.9 Å². The standard InChI is InChI=1S/C6H7F5/c1-2-3(7)4(8)5(9)6(10)11/h2-6H,1H2. The molecule has 11 heavy (non-hydrogen) atoms. The molecule has 0 radical (unpaired) electrons. The fourth-order valence-electron chi connectivity index (χ4n) is 0.445. The molecule has 0 aliphatic rings. The zero-order chi connectivity index (χ0) is 9.02. The van der Waals surface area contributed by atoms with Crippen molar-refractivity contribution in [3.8, 4) is 0 Å². The van der Waals surface area contributed by atoms with Crippen LogP contribution in [0.2, 0.25) is 0 Å². The molecule has 0 spiro atoms. The second-order valence-corrected chi connectivity index (χ2v) is 1.90. The van der Waals surface area contributed by atoms with Crippen LogP contribution in [0.4, 0.5) is 22.0 Å². The maximum Gasteiger partial charge on any atom is 0.272 e. The number of hydrogen-bond donors (Lipinski definition) is 0. The molecule has 3 atom stereocenters. The van der Waals surface area contributed by atoms with Gasteiger partial charge in [-0.1, -0.05) is 6.08 Å². The van der Waals surface area contributed by atoms with Crippen molar-refractivity contribution in [2.75, 3.05) is 0 Å². The van der Waals surface area contributed by atoms with Crippen molar-refractivity contribution in [3.63, 3.8) is 0 Å². The Labute approximate surface area is 60.7 Å². The van der Waals surface area contributed by atoms with Crippen LogP contribution in [0.15, 0.2) is 12.7 Å². The highest BCUT2D eigenvalue weighted by atomic mass is 19.3. The van der Waals surface area contributed by atoms with Crippen LogP contribution in [0.5, 0.6) is 0 Å². The predicted molar refractivity (Wildman–Crippen MR) is 30.9 cm³/mol. The van der Waals surface area contributed by atoms with Crippen molar-refractivity contribution >= 4 is 0 Å².